The van der Waals surface area contributed by atoms with E-state index in [0.29, 0.717) is 30.8 Å². The summed E-state index contributed by atoms with van der Waals surface area (Å²) in [6.45, 7) is 0. The predicted octanol–water partition coefficient (Wildman–Crippen LogP) is 1.86. The minimum Gasteiger partial charge on any atom is -0.261 e. The van der Waals surface area contributed by atoms with Crippen LogP contribution >= 0.6 is 0 Å². The van der Waals surface area contributed by atoms with Crippen molar-refractivity contribution in [1.29, 1.82) is 0 Å². The second-order valence-electron chi connectivity index (χ2n) is 3.33. The molecule has 0 amide bonds. The zero-order valence-corrected chi connectivity index (χ0v) is 7.09. The molecule has 0 aliphatic heterocycles. The van der Waals surface area contributed by atoms with Crippen molar-refractivity contribution in [2.45, 2.75) is 31.7 Å². The second-order valence-corrected chi connectivity index (χ2v) is 3.33. The average molecular weight is 177 g/mol. The number of hydrogen-bond donors (Lipinski definition) is 0. The number of nitrogens with zero attached hydrogens (tertiary/aromatic N) is 1. The van der Waals surface area contributed by atoms with Crippen molar-refractivity contribution in [2.75, 3.05) is 7.05 Å². The van der Waals surface area contributed by atoms with E-state index in [1.807, 2.05) is 0 Å². The Morgan fingerprint density at radius 1 is 1.33 bits per heavy atom. The van der Waals surface area contributed by atoms with Gasteiger partial charge in [-0.3, -0.25) is 4.79 Å². The molecule has 0 aromatic carbocycles. The van der Waals surface area contributed by atoms with Crippen molar-refractivity contribution in [3.8, 4) is 0 Å². The fourth-order valence-electron chi connectivity index (χ4n) is 1.66. The third-order valence-corrected chi connectivity index (χ3v) is 2.52. The lowest BCUT2D eigenvalue weighted by Gasteiger charge is -2.27. The zero-order valence-electron chi connectivity index (χ0n) is 7.09. The van der Waals surface area contributed by atoms with E-state index in [1.165, 1.54) is 7.05 Å². The summed E-state index contributed by atoms with van der Waals surface area (Å²) >= 11 is 0. The summed E-state index contributed by atoms with van der Waals surface area (Å²) in [4.78, 5) is 10.3. The van der Waals surface area contributed by atoms with E-state index < -0.39 is 12.0 Å². The Bertz CT molecular complexity index is 164. The second kappa shape index (κ2) is 3.94. The molecule has 12 heavy (non-hydrogen) atoms. The van der Waals surface area contributed by atoms with Gasteiger partial charge in [0.1, 0.15) is 0 Å². The number of carbonyl (C=O) groups is 1. The minimum atomic E-state index is -1.24. The first-order valence-corrected chi connectivity index (χ1v) is 4.19. The molecule has 0 spiro atoms. The molecule has 1 rings (SSSR count). The maximum atomic E-state index is 12.6. The topological polar surface area (TPSA) is 20.3 Å². The highest BCUT2D eigenvalue weighted by Gasteiger charge is 2.28. The van der Waals surface area contributed by atoms with Crippen molar-refractivity contribution in [3.05, 3.63) is 0 Å². The highest BCUT2D eigenvalue weighted by molar-refractivity contribution is 5.71. The van der Waals surface area contributed by atoms with Gasteiger partial charge in [-0.05, 0) is 25.7 Å². The van der Waals surface area contributed by atoms with Crippen LogP contribution in [0.2, 0.25) is 0 Å². The molecule has 0 atom stereocenters. The van der Waals surface area contributed by atoms with E-state index in [9.17, 15) is 13.7 Å². The van der Waals surface area contributed by atoms with Crippen LogP contribution in [0.15, 0.2) is 0 Å². The van der Waals surface area contributed by atoms with Gasteiger partial charge in [-0.1, -0.05) is 0 Å². The Labute approximate surface area is 70.5 Å². The van der Waals surface area contributed by atoms with Crippen LogP contribution in [0.4, 0.5) is 8.87 Å². The monoisotopic (exact) mass is 177 g/mol. The zero-order chi connectivity index (χ0) is 9.14. The minimum absolute atomic E-state index is 0.124. The lowest BCUT2D eigenvalue weighted by Crippen LogP contribution is -2.31. The quantitative estimate of drug-likeness (QED) is 0.474. The first-order valence-electron chi connectivity index (χ1n) is 4.19. The van der Waals surface area contributed by atoms with Crippen LogP contribution in [0.25, 0.3) is 0 Å². The van der Waals surface area contributed by atoms with Gasteiger partial charge in [0.25, 0.3) is 0 Å². The lowest BCUT2D eigenvalue weighted by atomic mass is 9.86. The molecule has 0 radical (unpaired) electrons. The molecule has 0 bridgehead atoms. The molecule has 0 aromatic heterocycles. The van der Waals surface area contributed by atoms with Crippen LogP contribution < -0.4 is 0 Å². The van der Waals surface area contributed by atoms with Gasteiger partial charge in [0, 0.05) is 13.1 Å². The highest BCUT2D eigenvalue weighted by atomic mass is 19.2. The molecule has 2 nitrogen and oxygen atoms in total. The Kier molecular flexibility index (Phi) is 3.14. The summed E-state index contributed by atoms with van der Waals surface area (Å²) in [5, 5.41) is 0.652. The summed E-state index contributed by atoms with van der Waals surface area (Å²) in [5.74, 6) is -0.471. The molecule has 1 saturated carbocycles. The highest BCUT2D eigenvalue weighted by Crippen LogP contribution is 2.27. The van der Waals surface area contributed by atoms with E-state index in [1.54, 1.807) is 0 Å². The first-order chi connectivity index (χ1) is 5.61. The molecular weight excluding hydrogens is 164 g/mol. The van der Waals surface area contributed by atoms with Gasteiger partial charge in [0.2, 0.25) is 0 Å². The summed E-state index contributed by atoms with van der Waals surface area (Å²) in [6, 6.07) is -1.37. The summed E-state index contributed by atoms with van der Waals surface area (Å²) in [5.41, 5.74) is 0. The third-order valence-electron chi connectivity index (χ3n) is 2.52. The molecule has 0 heterocycles. The van der Waals surface area contributed by atoms with Crippen LogP contribution in [-0.4, -0.2) is 24.2 Å². The SMILES string of the molecule is CN(F)C1CCC(C(=O)F)CC1. The van der Waals surface area contributed by atoms with E-state index >= 15 is 0 Å². The van der Waals surface area contributed by atoms with Gasteiger partial charge in [0.05, 0.1) is 5.92 Å². The molecule has 0 N–H and O–H groups in total. The van der Waals surface area contributed by atoms with Crippen LogP contribution in [0.1, 0.15) is 25.7 Å². The van der Waals surface area contributed by atoms with Crippen molar-refractivity contribution < 1.29 is 13.7 Å². The number of halogens is 2. The van der Waals surface area contributed by atoms with Crippen molar-refractivity contribution in [3.63, 3.8) is 0 Å². The number of hydrogen-bond acceptors (Lipinski definition) is 2. The normalized spacial score (nSPS) is 30.7. The van der Waals surface area contributed by atoms with Gasteiger partial charge in [-0.2, -0.15) is 4.39 Å². The predicted molar refractivity (Wildman–Crippen MR) is 40.7 cm³/mol. The smallest absolute Gasteiger partial charge is 0.261 e. The van der Waals surface area contributed by atoms with Gasteiger partial charge >= 0.3 is 6.04 Å². The van der Waals surface area contributed by atoms with Crippen LogP contribution in [0.3, 0.4) is 0 Å². The van der Waals surface area contributed by atoms with Crippen LogP contribution in [0, 0.1) is 5.92 Å². The molecule has 1 aliphatic rings. The van der Waals surface area contributed by atoms with Gasteiger partial charge in [-0.25, -0.2) is 0 Å². The first kappa shape index (κ1) is 9.58. The van der Waals surface area contributed by atoms with E-state index in [2.05, 4.69) is 0 Å². The van der Waals surface area contributed by atoms with Crippen LogP contribution in [-0.2, 0) is 4.79 Å². The molecule has 0 unspecified atom stereocenters. The molecule has 0 saturated heterocycles. The average Bonchev–Trinajstić information content (AvgIpc) is 2.04. The molecular formula is C8H13F2NO. The van der Waals surface area contributed by atoms with Crippen LogP contribution in [0.5, 0.6) is 0 Å². The van der Waals surface area contributed by atoms with Crippen molar-refractivity contribution in [2.24, 2.45) is 5.92 Å². The fourth-order valence-corrected chi connectivity index (χ4v) is 1.66. The maximum absolute atomic E-state index is 12.6. The van der Waals surface area contributed by atoms with Crippen molar-refractivity contribution in [1.82, 2.24) is 5.12 Å². The largest absolute Gasteiger partial charge is 0.304 e. The fraction of sp³-hybridized carbons (Fsp3) is 0.875. The third kappa shape index (κ3) is 2.24. The summed E-state index contributed by atoms with van der Waals surface area (Å²) in [6.07, 6.45) is 2.11. The molecule has 1 fully saturated rings. The maximum Gasteiger partial charge on any atom is 0.304 e. The van der Waals surface area contributed by atoms with E-state index in [0.717, 1.165) is 0 Å². The number of carbonyl (C=O) groups excluding carboxylic acids is 1. The summed E-state index contributed by atoms with van der Waals surface area (Å²) in [7, 11) is 1.36. The Morgan fingerprint density at radius 3 is 2.17 bits per heavy atom. The van der Waals surface area contributed by atoms with Gasteiger partial charge in [0.15, 0.2) is 0 Å². The van der Waals surface area contributed by atoms with Gasteiger partial charge < -0.3 is 0 Å². The molecule has 0 aromatic rings. The lowest BCUT2D eigenvalue weighted by molar-refractivity contribution is -0.135. The molecule has 4 heteroatoms. The Morgan fingerprint density at radius 2 is 1.83 bits per heavy atom. The Hall–Kier alpha value is -0.510. The summed E-state index contributed by atoms with van der Waals surface area (Å²) < 4.78 is 24.7. The molecule has 70 valence electrons. The van der Waals surface area contributed by atoms with E-state index in [4.69, 9.17) is 0 Å². The molecule has 1 aliphatic carbocycles. The van der Waals surface area contributed by atoms with Crippen molar-refractivity contribution >= 4 is 6.04 Å². The standard InChI is InChI=1S/C8H13F2NO/c1-11(10)7-4-2-6(3-5-7)8(9)12/h6-7H,2-5H2,1H3. The van der Waals surface area contributed by atoms with E-state index in [-0.39, 0.29) is 6.04 Å². The Balaban J connectivity index is 2.34. The number of rotatable bonds is 2. The van der Waals surface area contributed by atoms with Gasteiger partial charge in [-0.15, -0.1) is 9.60 Å².